The van der Waals surface area contributed by atoms with Crippen LogP contribution in [0.1, 0.15) is 13.8 Å². The molecule has 6 heteroatoms. The maximum absolute atomic E-state index is 13.3. The molecule has 0 saturated heterocycles. The summed E-state index contributed by atoms with van der Waals surface area (Å²) < 4.78 is 26.1. The Morgan fingerprint density at radius 2 is 2.00 bits per heavy atom. The number of hydrogen-bond donors (Lipinski definition) is 2. The van der Waals surface area contributed by atoms with Crippen molar-refractivity contribution in [3.63, 3.8) is 0 Å². The van der Waals surface area contributed by atoms with E-state index in [1.807, 2.05) is 13.8 Å². The average molecular weight is 265 g/mol. The molecule has 0 radical (unpaired) electrons. The molecule has 88 valence electrons. The number of nitrogens with one attached hydrogen (secondary N) is 2. The van der Waals surface area contributed by atoms with Crippen LogP contribution in [0.3, 0.4) is 0 Å². The van der Waals surface area contributed by atoms with Crippen LogP contribution in [0.5, 0.6) is 0 Å². The first-order valence-electron chi connectivity index (χ1n) is 4.62. The first kappa shape index (κ1) is 13.1. The third kappa shape index (κ3) is 3.57. The summed E-state index contributed by atoms with van der Waals surface area (Å²) in [6.07, 6.45) is 0. The van der Waals surface area contributed by atoms with Crippen molar-refractivity contribution in [1.82, 2.24) is 5.32 Å². The lowest BCUT2D eigenvalue weighted by Crippen LogP contribution is -2.34. The zero-order valence-corrected chi connectivity index (χ0v) is 10.3. The van der Waals surface area contributed by atoms with E-state index >= 15 is 0 Å². The first-order chi connectivity index (χ1) is 7.40. The maximum Gasteiger partial charge on any atom is 0.171 e. The van der Waals surface area contributed by atoms with Crippen molar-refractivity contribution in [1.29, 1.82) is 0 Å². The van der Waals surface area contributed by atoms with Crippen molar-refractivity contribution in [3.8, 4) is 0 Å². The second-order valence-electron chi connectivity index (χ2n) is 3.50. The van der Waals surface area contributed by atoms with Crippen LogP contribution in [0.15, 0.2) is 12.1 Å². The van der Waals surface area contributed by atoms with Crippen LogP contribution in [0.4, 0.5) is 14.5 Å². The van der Waals surface area contributed by atoms with E-state index in [1.165, 1.54) is 0 Å². The zero-order valence-electron chi connectivity index (χ0n) is 8.77. The van der Waals surface area contributed by atoms with Gasteiger partial charge in [-0.25, -0.2) is 8.78 Å². The summed E-state index contributed by atoms with van der Waals surface area (Å²) in [4.78, 5) is 0. The van der Waals surface area contributed by atoms with E-state index in [2.05, 4.69) is 10.6 Å². The molecule has 0 unspecified atom stereocenters. The Labute approximate surface area is 103 Å². The third-order valence-electron chi connectivity index (χ3n) is 1.67. The summed E-state index contributed by atoms with van der Waals surface area (Å²) in [6.45, 7) is 3.77. The van der Waals surface area contributed by atoms with Crippen molar-refractivity contribution in [2.75, 3.05) is 5.32 Å². The Bertz CT molecular complexity index is 387. The number of rotatable bonds is 2. The lowest BCUT2D eigenvalue weighted by Gasteiger charge is -2.14. The molecule has 0 amide bonds. The third-order valence-corrected chi connectivity index (χ3v) is 2.18. The van der Waals surface area contributed by atoms with Gasteiger partial charge in [-0.05, 0) is 32.1 Å². The second-order valence-corrected chi connectivity index (χ2v) is 4.31. The topological polar surface area (TPSA) is 24.1 Å². The largest absolute Gasteiger partial charge is 0.360 e. The molecule has 0 aliphatic carbocycles. The second kappa shape index (κ2) is 5.41. The minimum absolute atomic E-state index is 0.0267. The average Bonchev–Trinajstić information content (AvgIpc) is 2.09. The highest BCUT2D eigenvalue weighted by Crippen LogP contribution is 2.26. The van der Waals surface area contributed by atoms with Gasteiger partial charge >= 0.3 is 0 Å². The summed E-state index contributed by atoms with van der Waals surface area (Å²) >= 11 is 10.6. The molecule has 0 atom stereocenters. The fraction of sp³-hybridized carbons (Fsp3) is 0.300. The van der Waals surface area contributed by atoms with Crippen LogP contribution < -0.4 is 10.6 Å². The normalized spacial score (nSPS) is 10.4. The zero-order chi connectivity index (χ0) is 12.3. The Kier molecular flexibility index (Phi) is 4.44. The summed E-state index contributed by atoms with van der Waals surface area (Å²) in [5, 5.41) is 5.63. The highest BCUT2D eigenvalue weighted by atomic mass is 35.5. The van der Waals surface area contributed by atoms with Gasteiger partial charge in [-0.1, -0.05) is 11.6 Å². The molecule has 0 saturated carbocycles. The molecule has 16 heavy (non-hydrogen) atoms. The smallest absolute Gasteiger partial charge is 0.171 e. The van der Waals surface area contributed by atoms with Crippen molar-refractivity contribution < 1.29 is 8.78 Å². The highest BCUT2D eigenvalue weighted by molar-refractivity contribution is 7.80. The van der Waals surface area contributed by atoms with Crippen LogP contribution in [0.2, 0.25) is 5.02 Å². The molecular formula is C10H11ClF2N2S. The molecule has 0 spiro atoms. The summed E-state index contributed by atoms with van der Waals surface area (Å²) in [5.74, 6) is -1.51. The molecule has 1 rings (SSSR count). The van der Waals surface area contributed by atoms with E-state index in [-0.39, 0.29) is 21.9 Å². The van der Waals surface area contributed by atoms with Crippen LogP contribution in [-0.2, 0) is 0 Å². The van der Waals surface area contributed by atoms with Gasteiger partial charge in [0.1, 0.15) is 5.82 Å². The number of halogens is 3. The Morgan fingerprint density at radius 3 is 2.50 bits per heavy atom. The summed E-state index contributed by atoms with van der Waals surface area (Å²) in [6, 6.07) is 1.87. The van der Waals surface area contributed by atoms with Crippen LogP contribution >= 0.6 is 23.8 Å². The molecule has 0 fully saturated rings. The summed E-state index contributed by atoms with van der Waals surface area (Å²) in [5.41, 5.74) is -0.0267. The first-order valence-corrected chi connectivity index (χ1v) is 5.41. The fourth-order valence-corrected chi connectivity index (χ4v) is 1.65. The number of anilines is 1. The van der Waals surface area contributed by atoms with Crippen LogP contribution in [0, 0.1) is 11.6 Å². The van der Waals surface area contributed by atoms with Gasteiger partial charge in [0, 0.05) is 12.1 Å². The highest BCUT2D eigenvalue weighted by Gasteiger charge is 2.11. The molecule has 2 N–H and O–H groups in total. The van der Waals surface area contributed by atoms with Crippen LogP contribution in [0.25, 0.3) is 0 Å². The number of benzene rings is 1. The van der Waals surface area contributed by atoms with E-state index < -0.39 is 11.6 Å². The maximum atomic E-state index is 13.3. The SMILES string of the molecule is CC(C)NC(=S)Nc1c(F)cc(F)cc1Cl. The Balaban J connectivity index is 2.85. The number of hydrogen-bond acceptors (Lipinski definition) is 1. The molecule has 0 bridgehead atoms. The van der Waals surface area contributed by atoms with Gasteiger partial charge in [0.25, 0.3) is 0 Å². The Morgan fingerprint density at radius 1 is 1.38 bits per heavy atom. The molecule has 0 aromatic heterocycles. The van der Waals surface area contributed by atoms with E-state index in [0.717, 1.165) is 12.1 Å². The fourth-order valence-electron chi connectivity index (χ4n) is 1.07. The minimum atomic E-state index is -0.780. The summed E-state index contributed by atoms with van der Waals surface area (Å²) in [7, 11) is 0. The van der Waals surface area contributed by atoms with E-state index in [4.69, 9.17) is 23.8 Å². The predicted molar refractivity (Wildman–Crippen MR) is 65.9 cm³/mol. The molecule has 0 heterocycles. The van der Waals surface area contributed by atoms with E-state index in [9.17, 15) is 8.78 Å². The van der Waals surface area contributed by atoms with Crippen molar-refractivity contribution in [2.24, 2.45) is 0 Å². The molecule has 0 aliphatic heterocycles. The van der Waals surface area contributed by atoms with Crippen molar-refractivity contribution in [3.05, 3.63) is 28.8 Å². The predicted octanol–water partition coefficient (Wildman–Crippen LogP) is 3.31. The molecule has 2 nitrogen and oxygen atoms in total. The minimum Gasteiger partial charge on any atom is -0.360 e. The van der Waals surface area contributed by atoms with Gasteiger partial charge in [0.05, 0.1) is 10.7 Å². The van der Waals surface area contributed by atoms with Crippen LogP contribution in [-0.4, -0.2) is 11.2 Å². The quantitative estimate of drug-likeness (QED) is 0.802. The molecule has 1 aromatic rings. The van der Waals surface area contributed by atoms with E-state index in [0.29, 0.717) is 0 Å². The Hall–Kier alpha value is -0.940. The van der Waals surface area contributed by atoms with Gasteiger partial charge in [0.15, 0.2) is 10.9 Å². The van der Waals surface area contributed by atoms with Gasteiger partial charge in [-0.3, -0.25) is 0 Å². The molecule has 1 aromatic carbocycles. The van der Waals surface area contributed by atoms with Crippen molar-refractivity contribution in [2.45, 2.75) is 19.9 Å². The lowest BCUT2D eigenvalue weighted by molar-refractivity contribution is 0.586. The monoisotopic (exact) mass is 264 g/mol. The standard InChI is InChI=1S/C10H11ClF2N2S/c1-5(2)14-10(16)15-9-7(11)3-6(12)4-8(9)13/h3-5H,1-2H3,(H2,14,15,16). The van der Waals surface area contributed by atoms with Gasteiger partial charge in [0.2, 0.25) is 0 Å². The molecular weight excluding hydrogens is 254 g/mol. The lowest BCUT2D eigenvalue weighted by atomic mass is 10.3. The van der Waals surface area contributed by atoms with Gasteiger partial charge in [-0.2, -0.15) is 0 Å². The molecule has 0 aliphatic rings. The van der Waals surface area contributed by atoms with E-state index in [1.54, 1.807) is 0 Å². The van der Waals surface area contributed by atoms with Gasteiger partial charge < -0.3 is 10.6 Å². The van der Waals surface area contributed by atoms with Gasteiger partial charge in [-0.15, -0.1) is 0 Å². The van der Waals surface area contributed by atoms with Crippen molar-refractivity contribution >= 4 is 34.6 Å². The number of thiocarbonyl (C=S) groups is 1.